The van der Waals surface area contributed by atoms with Gasteiger partial charge in [0.2, 0.25) is 0 Å². The summed E-state index contributed by atoms with van der Waals surface area (Å²) in [7, 11) is 0. The van der Waals surface area contributed by atoms with Gasteiger partial charge < -0.3 is 8.98 Å². The zero-order valence-corrected chi connectivity index (χ0v) is 23.8. The molecular formula is C42H25NO. The zero-order chi connectivity index (χ0) is 28.8. The minimum absolute atomic E-state index is 0.912. The summed E-state index contributed by atoms with van der Waals surface area (Å²) >= 11 is 0. The van der Waals surface area contributed by atoms with Gasteiger partial charge in [-0.15, -0.1) is 0 Å². The van der Waals surface area contributed by atoms with Gasteiger partial charge in [-0.25, -0.2) is 0 Å². The first-order valence-electron chi connectivity index (χ1n) is 15.1. The molecule has 10 aromatic rings. The van der Waals surface area contributed by atoms with Crippen molar-refractivity contribution in [3.05, 3.63) is 152 Å². The van der Waals surface area contributed by atoms with Crippen LogP contribution in [0.2, 0.25) is 0 Å². The molecule has 0 radical (unpaired) electrons. The first-order valence-corrected chi connectivity index (χ1v) is 15.1. The number of fused-ring (bicyclic) bond motifs is 5. The molecule has 0 amide bonds. The predicted octanol–water partition coefficient (Wildman–Crippen LogP) is 11.8. The van der Waals surface area contributed by atoms with Crippen molar-refractivity contribution >= 4 is 65.3 Å². The highest BCUT2D eigenvalue weighted by atomic mass is 16.3. The Kier molecular flexibility index (Phi) is 4.75. The standard InChI is InChI=1S/C42H25NO/c1-3-9-26(10-4-1)31-20-15-27-18-23-34-32(21-16-28-17-22-33(31)39(27)40(28)34)29-19-24-35-37(25-29)43(30-11-5-2-6-12-30)41-36-13-7-8-14-38(36)44-42(35)41/h1-25H. The van der Waals surface area contributed by atoms with E-state index in [4.69, 9.17) is 4.42 Å². The molecule has 2 nitrogen and oxygen atoms in total. The Morgan fingerprint density at radius 3 is 1.75 bits per heavy atom. The van der Waals surface area contributed by atoms with E-state index in [1.54, 1.807) is 0 Å². The predicted molar refractivity (Wildman–Crippen MR) is 185 cm³/mol. The Hall–Kier alpha value is -5.86. The van der Waals surface area contributed by atoms with Crippen LogP contribution >= 0.6 is 0 Å². The molecule has 0 unspecified atom stereocenters. The van der Waals surface area contributed by atoms with Gasteiger partial charge in [-0.1, -0.05) is 115 Å². The van der Waals surface area contributed by atoms with Gasteiger partial charge >= 0.3 is 0 Å². The van der Waals surface area contributed by atoms with E-state index in [0.717, 1.165) is 38.7 Å². The molecule has 2 heteroatoms. The third kappa shape index (κ3) is 3.20. The third-order valence-electron chi connectivity index (χ3n) is 9.35. The van der Waals surface area contributed by atoms with Crippen LogP contribution in [0.1, 0.15) is 0 Å². The van der Waals surface area contributed by atoms with Gasteiger partial charge in [-0.2, -0.15) is 0 Å². The summed E-state index contributed by atoms with van der Waals surface area (Å²) in [4.78, 5) is 0. The molecule has 0 fully saturated rings. The van der Waals surface area contributed by atoms with Crippen LogP contribution < -0.4 is 0 Å². The maximum absolute atomic E-state index is 6.49. The highest BCUT2D eigenvalue weighted by Crippen LogP contribution is 2.44. The lowest BCUT2D eigenvalue weighted by molar-refractivity contribution is 0.673. The monoisotopic (exact) mass is 559 g/mol. The van der Waals surface area contributed by atoms with E-state index in [1.807, 2.05) is 6.07 Å². The number of aromatic nitrogens is 1. The van der Waals surface area contributed by atoms with Crippen LogP contribution in [0.5, 0.6) is 0 Å². The van der Waals surface area contributed by atoms with Crippen molar-refractivity contribution in [2.45, 2.75) is 0 Å². The second kappa shape index (κ2) is 8.82. The molecule has 8 aromatic carbocycles. The Morgan fingerprint density at radius 1 is 0.432 bits per heavy atom. The van der Waals surface area contributed by atoms with Crippen LogP contribution in [0, 0.1) is 0 Å². The van der Waals surface area contributed by atoms with Crippen LogP contribution in [0.15, 0.2) is 156 Å². The summed E-state index contributed by atoms with van der Waals surface area (Å²) in [5, 5.41) is 10.0. The fourth-order valence-electron chi connectivity index (χ4n) is 7.40. The lowest BCUT2D eigenvalue weighted by atomic mass is 9.87. The first-order chi connectivity index (χ1) is 21.8. The molecule has 2 heterocycles. The van der Waals surface area contributed by atoms with Crippen LogP contribution in [0.25, 0.3) is 93.2 Å². The summed E-state index contributed by atoms with van der Waals surface area (Å²) in [6.07, 6.45) is 0. The second-order valence-electron chi connectivity index (χ2n) is 11.7. The summed E-state index contributed by atoms with van der Waals surface area (Å²) in [6.45, 7) is 0. The van der Waals surface area contributed by atoms with E-state index < -0.39 is 0 Å². The quantitative estimate of drug-likeness (QED) is 0.197. The number of furan rings is 1. The number of hydrogen-bond acceptors (Lipinski definition) is 1. The Morgan fingerprint density at radius 2 is 1.02 bits per heavy atom. The molecule has 0 aliphatic heterocycles. The molecule has 10 rings (SSSR count). The number of rotatable bonds is 3. The molecule has 44 heavy (non-hydrogen) atoms. The van der Waals surface area contributed by atoms with Crippen molar-refractivity contribution in [2.24, 2.45) is 0 Å². The summed E-state index contributed by atoms with van der Waals surface area (Å²) in [5.74, 6) is 0. The van der Waals surface area contributed by atoms with E-state index in [0.29, 0.717) is 0 Å². The number of nitrogens with zero attached hydrogens (tertiary/aromatic N) is 1. The van der Waals surface area contributed by atoms with Gasteiger partial charge in [0.25, 0.3) is 0 Å². The van der Waals surface area contributed by atoms with E-state index in [-0.39, 0.29) is 0 Å². The first kappa shape index (κ1) is 23.7. The van der Waals surface area contributed by atoms with Crippen molar-refractivity contribution in [1.82, 2.24) is 4.57 Å². The largest absolute Gasteiger partial charge is 0.454 e. The van der Waals surface area contributed by atoms with Gasteiger partial charge in [0.1, 0.15) is 11.1 Å². The Balaban J connectivity index is 1.27. The Labute approximate surface area is 253 Å². The molecule has 0 saturated carbocycles. The SMILES string of the molecule is c1ccc(-c2ccc3ccc4c(-c5ccc6c7oc8ccccc8c7n(-c7ccccc7)c6c5)ccc5ccc2c3c54)cc1. The summed E-state index contributed by atoms with van der Waals surface area (Å²) in [6, 6.07) is 54.8. The average molecular weight is 560 g/mol. The van der Waals surface area contributed by atoms with Crippen molar-refractivity contribution in [3.63, 3.8) is 0 Å². The smallest absolute Gasteiger partial charge is 0.161 e. The normalized spacial score (nSPS) is 12.1. The van der Waals surface area contributed by atoms with Crippen molar-refractivity contribution < 1.29 is 4.42 Å². The fraction of sp³-hybridized carbons (Fsp3) is 0. The molecule has 204 valence electrons. The summed E-state index contributed by atoms with van der Waals surface area (Å²) in [5.41, 5.74) is 10.2. The van der Waals surface area contributed by atoms with Gasteiger partial charge in [-0.05, 0) is 91.0 Å². The van der Waals surface area contributed by atoms with Crippen molar-refractivity contribution in [2.75, 3.05) is 0 Å². The molecule has 0 bridgehead atoms. The van der Waals surface area contributed by atoms with Gasteiger partial charge in [0, 0.05) is 16.5 Å². The molecule has 0 atom stereocenters. The number of benzene rings is 8. The minimum Gasteiger partial charge on any atom is -0.454 e. The topological polar surface area (TPSA) is 18.1 Å². The van der Waals surface area contributed by atoms with E-state index in [2.05, 4.69) is 150 Å². The van der Waals surface area contributed by atoms with E-state index in [1.165, 1.54) is 54.6 Å². The lowest BCUT2D eigenvalue weighted by Gasteiger charge is -2.17. The maximum Gasteiger partial charge on any atom is 0.161 e. The van der Waals surface area contributed by atoms with Crippen LogP contribution in [0.3, 0.4) is 0 Å². The molecule has 0 saturated heterocycles. The maximum atomic E-state index is 6.49. The lowest BCUT2D eigenvalue weighted by Crippen LogP contribution is -1.94. The Bertz CT molecular complexity index is 2690. The number of para-hydroxylation sites is 2. The van der Waals surface area contributed by atoms with E-state index >= 15 is 0 Å². The zero-order valence-electron chi connectivity index (χ0n) is 23.8. The molecule has 0 aliphatic carbocycles. The van der Waals surface area contributed by atoms with Gasteiger partial charge in [0.05, 0.1) is 5.52 Å². The molecular weight excluding hydrogens is 534 g/mol. The molecule has 0 spiro atoms. The molecule has 0 N–H and O–H groups in total. The van der Waals surface area contributed by atoms with Crippen LogP contribution in [0.4, 0.5) is 0 Å². The van der Waals surface area contributed by atoms with Crippen LogP contribution in [-0.2, 0) is 0 Å². The van der Waals surface area contributed by atoms with Crippen molar-refractivity contribution in [1.29, 1.82) is 0 Å². The highest BCUT2D eigenvalue weighted by Gasteiger charge is 2.21. The summed E-state index contributed by atoms with van der Waals surface area (Å²) < 4.78 is 8.85. The minimum atomic E-state index is 0.912. The third-order valence-corrected chi connectivity index (χ3v) is 9.35. The second-order valence-corrected chi connectivity index (χ2v) is 11.7. The van der Waals surface area contributed by atoms with Gasteiger partial charge in [-0.3, -0.25) is 0 Å². The van der Waals surface area contributed by atoms with Gasteiger partial charge in [0.15, 0.2) is 5.58 Å². The highest BCUT2D eigenvalue weighted by molar-refractivity contribution is 6.28. The molecule has 0 aliphatic rings. The number of hydrogen-bond donors (Lipinski definition) is 0. The molecule has 2 aromatic heterocycles. The fourth-order valence-corrected chi connectivity index (χ4v) is 7.40. The average Bonchev–Trinajstić information content (AvgIpc) is 3.62. The van der Waals surface area contributed by atoms with Crippen LogP contribution in [-0.4, -0.2) is 4.57 Å². The van der Waals surface area contributed by atoms with Crippen molar-refractivity contribution in [3.8, 4) is 27.9 Å². The van der Waals surface area contributed by atoms with E-state index in [9.17, 15) is 0 Å².